The average molecular weight is 396 g/mol. The van der Waals surface area contributed by atoms with Crippen LogP contribution in [0.4, 0.5) is 0 Å². The van der Waals surface area contributed by atoms with Crippen LogP contribution in [-0.4, -0.2) is 39.9 Å². The highest BCUT2D eigenvalue weighted by molar-refractivity contribution is 5.94. The third-order valence-electron chi connectivity index (χ3n) is 5.57. The number of carbonyl (C=O) groups excluding carboxylic acids is 2. The summed E-state index contributed by atoms with van der Waals surface area (Å²) in [5.74, 6) is 1.20. The predicted octanol–water partition coefficient (Wildman–Crippen LogP) is 2.92. The molecule has 1 atom stereocenters. The number of aryl methyl sites for hydroxylation is 2. The van der Waals surface area contributed by atoms with E-state index in [9.17, 15) is 9.59 Å². The van der Waals surface area contributed by atoms with Crippen LogP contribution in [0.2, 0.25) is 0 Å². The Labute approximate surface area is 168 Å². The summed E-state index contributed by atoms with van der Waals surface area (Å²) >= 11 is 0. The molecular weight excluding hydrogens is 372 g/mol. The van der Waals surface area contributed by atoms with E-state index in [0.717, 1.165) is 35.6 Å². The van der Waals surface area contributed by atoms with Crippen molar-refractivity contribution in [2.24, 2.45) is 5.73 Å². The molecule has 0 aliphatic carbocycles. The Morgan fingerprint density at radius 2 is 2.14 bits per heavy atom. The van der Waals surface area contributed by atoms with Gasteiger partial charge in [0, 0.05) is 42.9 Å². The van der Waals surface area contributed by atoms with Crippen molar-refractivity contribution in [1.29, 1.82) is 0 Å². The van der Waals surface area contributed by atoms with E-state index in [1.54, 1.807) is 23.2 Å². The van der Waals surface area contributed by atoms with Gasteiger partial charge in [-0.1, -0.05) is 5.16 Å². The molecule has 4 rings (SSSR count). The van der Waals surface area contributed by atoms with E-state index in [-0.39, 0.29) is 11.8 Å². The fourth-order valence-electron chi connectivity index (χ4n) is 4.00. The predicted molar refractivity (Wildman–Crippen MR) is 105 cm³/mol. The molecule has 1 fully saturated rings. The number of nitrogens with zero attached hydrogens (tertiary/aromatic N) is 2. The fourth-order valence-corrected chi connectivity index (χ4v) is 4.00. The molecule has 1 saturated heterocycles. The second-order valence-electron chi connectivity index (χ2n) is 7.51. The quantitative estimate of drug-likeness (QED) is 0.687. The van der Waals surface area contributed by atoms with Gasteiger partial charge in [0.2, 0.25) is 0 Å². The number of aromatic amines is 1. The summed E-state index contributed by atoms with van der Waals surface area (Å²) < 4.78 is 11.0. The smallest absolute Gasteiger partial charge is 0.289 e. The Balaban J connectivity index is 1.47. The molecule has 152 valence electrons. The van der Waals surface area contributed by atoms with E-state index in [0.29, 0.717) is 36.6 Å². The molecular formula is C21H24N4O4. The topological polar surface area (TPSA) is 118 Å². The summed E-state index contributed by atoms with van der Waals surface area (Å²) in [5, 5.41) is 3.95. The number of furan rings is 1. The highest BCUT2D eigenvalue weighted by atomic mass is 16.5. The third kappa shape index (κ3) is 3.70. The summed E-state index contributed by atoms with van der Waals surface area (Å²) in [6.07, 6.45) is 3.98. The average Bonchev–Trinajstić information content (AvgIpc) is 3.44. The maximum atomic E-state index is 13.0. The number of hydrogen-bond acceptors (Lipinski definition) is 5. The Kier molecular flexibility index (Phi) is 5.00. The fraction of sp³-hybridized carbons (Fsp3) is 0.381. The van der Waals surface area contributed by atoms with Crippen molar-refractivity contribution >= 4 is 11.8 Å². The molecule has 1 aliphatic rings. The van der Waals surface area contributed by atoms with Gasteiger partial charge < -0.3 is 24.6 Å². The van der Waals surface area contributed by atoms with Crippen LogP contribution in [0, 0.1) is 13.8 Å². The first kappa shape index (κ1) is 19.0. The number of carbonyl (C=O) groups is 2. The maximum absolute atomic E-state index is 13.0. The largest absolute Gasteiger partial charge is 0.456 e. The minimum atomic E-state index is -0.459. The van der Waals surface area contributed by atoms with E-state index < -0.39 is 5.91 Å². The van der Waals surface area contributed by atoms with Gasteiger partial charge in [-0.2, -0.15) is 0 Å². The lowest BCUT2D eigenvalue weighted by atomic mass is 9.92. The van der Waals surface area contributed by atoms with Gasteiger partial charge in [0.1, 0.15) is 11.5 Å². The summed E-state index contributed by atoms with van der Waals surface area (Å²) in [5.41, 5.74) is 8.55. The standard InChI is InChI=1S/C21H24N4O4/c1-12-17(13(2)29-24-12)10-15-5-6-18(28-15)21(27)25-9-3-4-14(11-25)19-16(20(22)26)7-8-23-19/h5-8,14,23H,3-4,9-11H2,1-2H3,(H2,22,26). The molecule has 3 N–H and O–H groups in total. The highest BCUT2D eigenvalue weighted by Crippen LogP contribution is 2.29. The third-order valence-corrected chi connectivity index (χ3v) is 5.57. The van der Waals surface area contributed by atoms with Crippen LogP contribution in [0.25, 0.3) is 0 Å². The first-order valence-electron chi connectivity index (χ1n) is 9.71. The number of H-pyrrole nitrogens is 1. The number of primary amides is 1. The van der Waals surface area contributed by atoms with Crippen molar-refractivity contribution in [1.82, 2.24) is 15.0 Å². The lowest BCUT2D eigenvalue weighted by molar-refractivity contribution is 0.0672. The van der Waals surface area contributed by atoms with Crippen LogP contribution in [0.3, 0.4) is 0 Å². The van der Waals surface area contributed by atoms with E-state index in [4.69, 9.17) is 14.7 Å². The minimum absolute atomic E-state index is 0.0435. The molecule has 2 amide bonds. The molecule has 0 bridgehead atoms. The van der Waals surface area contributed by atoms with Crippen LogP contribution in [0.15, 0.2) is 33.3 Å². The Morgan fingerprint density at radius 1 is 1.31 bits per heavy atom. The van der Waals surface area contributed by atoms with E-state index >= 15 is 0 Å². The number of nitrogens with one attached hydrogen (secondary N) is 1. The molecule has 4 heterocycles. The van der Waals surface area contributed by atoms with Gasteiger partial charge in [0.25, 0.3) is 11.8 Å². The van der Waals surface area contributed by atoms with Gasteiger partial charge in [0.05, 0.1) is 11.3 Å². The van der Waals surface area contributed by atoms with E-state index in [1.165, 1.54) is 0 Å². The SMILES string of the molecule is Cc1noc(C)c1Cc1ccc(C(=O)N2CCCC(c3[nH]ccc3C(N)=O)C2)o1. The maximum Gasteiger partial charge on any atom is 0.289 e. The van der Waals surface area contributed by atoms with Crippen molar-refractivity contribution < 1.29 is 18.5 Å². The summed E-state index contributed by atoms with van der Waals surface area (Å²) in [6, 6.07) is 5.21. The van der Waals surface area contributed by atoms with Crippen molar-refractivity contribution in [3.05, 3.63) is 64.2 Å². The van der Waals surface area contributed by atoms with Crippen LogP contribution in [-0.2, 0) is 6.42 Å². The van der Waals surface area contributed by atoms with Gasteiger partial charge in [-0.25, -0.2) is 0 Å². The first-order valence-corrected chi connectivity index (χ1v) is 9.71. The van der Waals surface area contributed by atoms with Crippen LogP contribution in [0.5, 0.6) is 0 Å². The number of hydrogen-bond donors (Lipinski definition) is 2. The molecule has 1 unspecified atom stereocenters. The van der Waals surface area contributed by atoms with Crippen molar-refractivity contribution in [3.63, 3.8) is 0 Å². The number of nitrogens with two attached hydrogens (primary N) is 1. The van der Waals surface area contributed by atoms with Crippen LogP contribution >= 0.6 is 0 Å². The van der Waals surface area contributed by atoms with Gasteiger partial charge in [-0.15, -0.1) is 0 Å². The summed E-state index contributed by atoms with van der Waals surface area (Å²) in [7, 11) is 0. The number of likely N-dealkylation sites (tertiary alicyclic amines) is 1. The van der Waals surface area contributed by atoms with Gasteiger partial charge in [-0.3, -0.25) is 9.59 Å². The van der Waals surface area contributed by atoms with Crippen molar-refractivity contribution in [3.8, 4) is 0 Å². The van der Waals surface area contributed by atoms with E-state index in [2.05, 4.69) is 10.1 Å². The first-order chi connectivity index (χ1) is 13.9. The zero-order chi connectivity index (χ0) is 20.5. The molecule has 0 radical (unpaired) electrons. The van der Waals surface area contributed by atoms with Gasteiger partial charge in [-0.05, 0) is 44.9 Å². The number of amides is 2. The monoisotopic (exact) mass is 396 g/mol. The zero-order valence-electron chi connectivity index (χ0n) is 16.5. The molecule has 3 aromatic rings. The Morgan fingerprint density at radius 3 is 2.86 bits per heavy atom. The second-order valence-corrected chi connectivity index (χ2v) is 7.51. The summed E-state index contributed by atoms with van der Waals surface area (Å²) in [6.45, 7) is 4.91. The molecule has 29 heavy (non-hydrogen) atoms. The minimum Gasteiger partial charge on any atom is -0.456 e. The molecule has 8 heteroatoms. The van der Waals surface area contributed by atoms with Crippen LogP contribution < -0.4 is 5.73 Å². The van der Waals surface area contributed by atoms with Crippen LogP contribution in [0.1, 0.15) is 68.1 Å². The normalized spacial score (nSPS) is 16.9. The number of aromatic nitrogens is 2. The lowest BCUT2D eigenvalue weighted by Crippen LogP contribution is -2.39. The van der Waals surface area contributed by atoms with Gasteiger partial charge >= 0.3 is 0 Å². The number of piperidine rings is 1. The Hall–Kier alpha value is -3.29. The molecule has 0 spiro atoms. The highest BCUT2D eigenvalue weighted by Gasteiger charge is 2.29. The lowest BCUT2D eigenvalue weighted by Gasteiger charge is -2.32. The van der Waals surface area contributed by atoms with Crippen molar-refractivity contribution in [2.45, 2.75) is 39.0 Å². The van der Waals surface area contributed by atoms with Crippen molar-refractivity contribution in [2.75, 3.05) is 13.1 Å². The molecule has 0 saturated carbocycles. The molecule has 0 aromatic carbocycles. The number of rotatable bonds is 5. The zero-order valence-corrected chi connectivity index (χ0v) is 16.5. The summed E-state index contributed by atoms with van der Waals surface area (Å²) in [4.78, 5) is 29.5. The van der Waals surface area contributed by atoms with Gasteiger partial charge in [0.15, 0.2) is 5.76 Å². The second kappa shape index (κ2) is 7.62. The molecule has 8 nitrogen and oxygen atoms in total. The van der Waals surface area contributed by atoms with E-state index in [1.807, 2.05) is 19.9 Å². The molecule has 3 aromatic heterocycles. The molecule has 1 aliphatic heterocycles. The Bertz CT molecular complexity index is 1030.